The highest BCUT2D eigenvalue weighted by Gasteiger charge is 2.22. The Balaban J connectivity index is 1.60. The summed E-state index contributed by atoms with van der Waals surface area (Å²) in [4.78, 5) is 26.5. The van der Waals surface area contributed by atoms with Gasteiger partial charge in [0.05, 0.1) is 18.4 Å². The Bertz CT molecular complexity index is 1260. The standard InChI is InChI=1S/C19H17N3O5S/c1-27-14-2-4-17-11(7-14)6-13(19(24)22-17)10-20-28(25,26)15-3-5-16-12(8-15)9-18(23)21-16/h2-8,20H,9-10H2,1H3,(H,21,23)(H,22,24). The number of H-pyrrole nitrogens is 1. The number of sulfonamides is 1. The maximum atomic E-state index is 12.6. The maximum absolute atomic E-state index is 12.6. The van der Waals surface area contributed by atoms with E-state index in [4.69, 9.17) is 4.74 Å². The molecule has 0 bridgehead atoms. The van der Waals surface area contributed by atoms with Gasteiger partial charge in [0.25, 0.3) is 5.56 Å². The molecule has 28 heavy (non-hydrogen) atoms. The molecule has 0 saturated heterocycles. The summed E-state index contributed by atoms with van der Waals surface area (Å²) in [5.74, 6) is 0.461. The number of carbonyl (C=O) groups excluding carboxylic acids is 1. The summed E-state index contributed by atoms with van der Waals surface area (Å²) < 4.78 is 32.8. The Kier molecular flexibility index (Phi) is 4.40. The Morgan fingerprint density at radius 3 is 2.71 bits per heavy atom. The van der Waals surface area contributed by atoms with Crippen LogP contribution in [-0.4, -0.2) is 26.4 Å². The van der Waals surface area contributed by atoms with Gasteiger partial charge in [-0.1, -0.05) is 0 Å². The molecule has 1 aliphatic heterocycles. The second-order valence-electron chi connectivity index (χ2n) is 6.45. The van der Waals surface area contributed by atoms with Gasteiger partial charge < -0.3 is 15.0 Å². The van der Waals surface area contributed by atoms with Gasteiger partial charge in [0.1, 0.15) is 5.75 Å². The van der Waals surface area contributed by atoms with Crippen molar-refractivity contribution in [2.45, 2.75) is 17.9 Å². The Morgan fingerprint density at radius 2 is 1.93 bits per heavy atom. The van der Waals surface area contributed by atoms with Crippen LogP contribution in [0.1, 0.15) is 11.1 Å². The topological polar surface area (TPSA) is 117 Å². The summed E-state index contributed by atoms with van der Waals surface area (Å²) in [7, 11) is -2.30. The van der Waals surface area contributed by atoms with Crippen LogP contribution in [0.4, 0.5) is 5.69 Å². The lowest BCUT2D eigenvalue weighted by atomic mass is 10.1. The molecule has 0 fully saturated rings. The third kappa shape index (κ3) is 3.37. The van der Waals surface area contributed by atoms with Gasteiger partial charge in [-0.15, -0.1) is 0 Å². The van der Waals surface area contributed by atoms with Crippen molar-refractivity contribution in [3.05, 3.63) is 63.9 Å². The second kappa shape index (κ2) is 6.77. The molecule has 2 heterocycles. The molecular formula is C19H17N3O5S. The number of hydrogen-bond acceptors (Lipinski definition) is 5. The number of pyridine rings is 1. The quantitative estimate of drug-likeness (QED) is 0.601. The van der Waals surface area contributed by atoms with Crippen molar-refractivity contribution >= 4 is 32.5 Å². The molecule has 9 heteroatoms. The highest BCUT2D eigenvalue weighted by Crippen LogP contribution is 2.26. The average Bonchev–Trinajstić information content (AvgIpc) is 3.05. The average molecular weight is 399 g/mol. The van der Waals surface area contributed by atoms with Gasteiger partial charge >= 0.3 is 0 Å². The summed E-state index contributed by atoms with van der Waals surface area (Å²) in [6.07, 6.45) is 0.144. The molecule has 4 rings (SSSR count). The smallest absolute Gasteiger partial charge is 0.252 e. The normalized spacial score (nSPS) is 13.4. The number of anilines is 1. The van der Waals surface area contributed by atoms with Crippen molar-refractivity contribution in [1.29, 1.82) is 0 Å². The predicted octanol–water partition coefficient (Wildman–Crippen LogP) is 1.51. The number of hydrogen-bond donors (Lipinski definition) is 3. The van der Waals surface area contributed by atoms with E-state index in [2.05, 4.69) is 15.0 Å². The fraction of sp³-hybridized carbons (Fsp3) is 0.158. The van der Waals surface area contributed by atoms with E-state index in [1.807, 2.05) is 0 Å². The minimum atomic E-state index is -3.85. The number of benzene rings is 2. The SMILES string of the molecule is COc1ccc2[nH]c(=O)c(CNS(=O)(=O)c3ccc4c(c3)CC(=O)N4)cc2c1. The molecule has 1 aromatic heterocycles. The fourth-order valence-corrected chi connectivity index (χ4v) is 4.17. The number of nitrogens with one attached hydrogen (secondary N) is 3. The van der Waals surface area contributed by atoms with E-state index in [1.54, 1.807) is 37.4 Å². The monoisotopic (exact) mass is 399 g/mol. The highest BCUT2D eigenvalue weighted by molar-refractivity contribution is 7.89. The van der Waals surface area contributed by atoms with Crippen molar-refractivity contribution in [1.82, 2.24) is 9.71 Å². The molecule has 0 aliphatic carbocycles. The van der Waals surface area contributed by atoms with E-state index >= 15 is 0 Å². The van der Waals surface area contributed by atoms with Gasteiger partial charge in [-0.25, -0.2) is 13.1 Å². The summed E-state index contributed by atoms with van der Waals surface area (Å²) >= 11 is 0. The van der Waals surface area contributed by atoms with Crippen molar-refractivity contribution in [3.63, 3.8) is 0 Å². The predicted molar refractivity (Wildman–Crippen MR) is 104 cm³/mol. The van der Waals surface area contributed by atoms with Crippen LogP contribution in [0.2, 0.25) is 0 Å². The minimum Gasteiger partial charge on any atom is -0.497 e. The largest absolute Gasteiger partial charge is 0.497 e. The zero-order valence-corrected chi connectivity index (χ0v) is 15.7. The van der Waals surface area contributed by atoms with Crippen molar-refractivity contribution < 1.29 is 17.9 Å². The third-order valence-electron chi connectivity index (χ3n) is 4.59. The zero-order chi connectivity index (χ0) is 19.9. The van der Waals surface area contributed by atoms with Gasteiger partial charge in [0.2, 0.25) is 15.9 Å². The molecule has 3 aromatic rings. The lowest BCUT2D eigenvalue weighted by Gasteiger charge is -2.09. The van der Waals surface area contributed by atoms with E-state index in [1.165, 1.54) is 12.1 Å². The molecule has 144 valence electrons. The van der Waals surface area contributed by atoms with E-state index in [0.29, 0.717) is 22.5 Å². The Hall–Kier alpha value is -3.17. The fourth-order valence-electron chi connectivity index (χ4n) is 3.12. The van der Waals surface area contributed by atoms with Crippen molar-refractivity contribution in [2.24, 2.45) is 0 Å². The number of aromatic amines is 1. The lowest BCUT2D eigenvalue weighted by molar-refractivity contribution is -0.115. The zero-order valence-electron chi connectivity index (χ0n) is 14.9. The van der Waals surface area contributed by atoms with Gasteiger partial charge in [-0.2, -0.15) is 0 Å². The van der Waals surface area contributed by atoms with Crippen LogP contribution in [-0.2, 0) is 27.8 Å². The van der Waals surface area contributed by atoms with E-state index in [-0.39, 0.29) is 34.9 Å². The summed E-state index contributed by atoms with van der Waals surface area (Å²) in [6, 6.07) is 11.3. The maximum Gasteiger partial charge on any atom is 0.252 e. The van der Waals surface area contributed by atoms with Crippen LogP contribution >= 0.6 is 0 Å². The van der Waals surface area contributed by atoms with Crippen LogP contribution < -0.4 is 20.3 Å². The van der Waals surface area contributed by atoms with Crippen LogP contribution in [0.15, 0.2) is 52.2 Å². The van der Waals surface area contributed by atoms with Crippen molar-refractivity contribution in [3.8, 4) is 5.75 Å². The van der Waals surface area contributed by atoms with E-state index in [9.17, 15) is 18.0 Å². The van der Waals surface area contributed by atoms with Gasteiger partial charge in [-0.05, 0) is 48.0 Å². The minimum absolute atomic E-state index is 0.0432. The highest BCUT2D eigenvalue weighted by atomic mass is 32.2. The molecule has 0 saturated carbocycles. The van der Waals surface area contributed by atoms with Crippen LogP contribution in [0.3, 0.4) is 0 Å². The number of rotatable bonds is 5. The number of fused-ring (bicyclic) bond motifs is 2. The molecule has 1 aliphatic rings. The number of methoxy groups -OCH3 is 1. The van der Waals surface area contributed by atoms with Crippen LogP contribution in [0.25, 0.3) is 10.9 Å². The number of aromatic nitrogens is 1. The van der Waals surface area contributed by atoms with Gasteiger partial charge in [0, 0.05) is 28.7 Å². The van der Waals surface area contributed by atoms with Crippen molar-refractivity contribution in [2.75, 3.05) is 12.4 Å². The molecule has 0 spiro atoms. The first-order valence-electron chi connectivity index (χ1n) is 8.48. The lowest BCUT2D eigenvalue weighted by Crippen LogP contribution is -2.27. The first-order chi connectivity index (χ1) is 13.4. The molecule has 2 aromatic carbocycles. The van der Waals surface area contributed by atoms with Gasteiger partial charge in [-0.3, -0.25) is 9.59 Å². The molecule has 1 amide bonds. The molecule has 0 atom stereocenters. The number of carbonyl (C=O) groups is 1. The second-order valence-corrected chi connectivity index (χ2v) is 8.21. The molecule has 0 unspecified atom stereocenters. The number of amides is 1. The van der Waals surface area contributed by atoms with E-state index < -0.39 is 10.0 Å². The first kappa shape index (κ1) is 18.2. The molecule has 8 nitrogen and oxygen atoms in total. The first-order valence-corrected chi connectivity index (χ1v) is 9.96. The molecule has 0 radical (unpaired) electrons. The summed E-state index contributed by atoms with van der Waals surface area (Å²) in [5.41, 5.74) is 1.78. The summed E-state index contributed by atoms with van der Waals surface area (Å²) in [6.45, 7) is -0.168. The van der Waals surface area contributed by atoms with Gasteiger partial charge in [0.15, 0.2) is 0 Å². The van der Waals surface area contributed by atoms with Crippen LogP contribution in [0, 0.1) is 0 Å². The van der Waals surface area contributed by atoms with E-state index in [0.717, 1.165) is 5.39 Å². The third-order valence-corrected chi connectivity index (χ3v) is 5.99. The van der Waals surface area contributed by atoms with Crippen LogP contribution in [0.5, 0.6) is 5.75 Å². The number of ether oxygens (including phenoxy) is 1. The molecule has 3 N–H and O–H groups in total. The molecular weight excluding hydrogens is 382 g/mol. The Morgan fingerprint density at radius 1 is 1.11 bits per heavy atom. The summed E-state index contributed by atoms with van der Waals surface area (Å²) in [5, 5.41) is 3.39. The Labute approximate surface area is 160 Å².